The van der Waals surface area contributed by atoms with Crippen molar-refractivity contribution in [2.75, 3.05) is 38.1 Å². The lowest BCUT2D eigenvalue weighted by atomic mass is 10.4. The second-order valence-electron chi connectivity index (χ2n) is 4.16. The van der Waals surface area contributed by atoms with Crippen LogP contribution >= 0.6 is 11.3 Å². The van der Waals surface area contributed by atoms with E-state index in [2.05, 4.69) is 9.88 Å². The Morgan fingerprint density at radius 3 is 2.65 bits per heavy atom. The first kappa shape index (κ1) is 12.6. The Morgan fingerprint density at radius 2 is 2.00 bits per heavy atom. The number of hydrogen-bond acceptors (Lipinski definition) is 4. The molecule has 1 aromatic heterocycles. The standard InChI is InChI=1S/C10H14F3N3S/c1-15-3-2-4-16(6-5-15)9-14-8(7-17-9)10(11,12)13/h7H,2-6H2,1H3. The van der Waals surface area contributed by atoms with Crippen LogP contribution in [0.25, 0.3) is 0 Å². The molecule has 0 amide bonds. The first-order valence-corrected chi connectivity index (χ1v) is 6.31. The van der Waals surface area contributed by atoms with Crippen LogP contribution in [-0.4, -0.2) is 43.1 Å². The number of thiazole rings is 1. The molecule has 96 valence electrons. The van der Waals surface area contributed by atoms with Gasteiger partial charge >= 0.3 is 6.18 Å². The minimum absolute atomic E-state index is 0.479. The Balaban J connectivity index is 2.09. The number of aromatic nitrogens is 1. The highest BCUT2D eigenvalue weighted by atomic mass is 32.1. The zero-order chi connectivity index (χ0) is 12.5. The third kappa shape index (κ3) is 3.10. The minimum Gasteiger partial charge on any atom is -0.347 e. The molecule has 0 N–H and O–H groups in total. The molecule has 7 heteroatoms. The van der Waals surface area contributed by atoms with Gasteiger partial charge in [-0.3, -0.25) is 0 Å². The Bertz CT molecular complexity index is 377. The monoisotopic (exact) mass is 265 g/mol. The van der Waals surface area contributed by atoms with Crippen molar-refractivity contribution < 1.29 is 13.2 Å². The molecule has 17 heavy (non-hydrogen) atoms. The van der Waals surface area contributed by atoms with Crippen molar-refractivity contribution in [1.29, 1.82) is 0 Å². The van der Waals surface area contributed by atoms with Crippen LogP contribution in [-0.2, 0) is 6.18 Å². The Hall–Kier alpha value is -0.820. The highest BCUT2D eigenvalue weighted by Gasteiger charge is 2.34. The number of halogens is 3. The summed E-state index contributed by atoms with van der Waals surface area (Å²) < 4.78 is 37.3. The van der Waals surface area contributed by atoms with E-state index < -0.39 is 11.9 Å². The van der Waals surface area contributed by atoms with Crippen LogP contribution in [0, 0.1) is 0 Å². The second-order valence-corrected chi connectivity index (χ2v) is 4.99. The second kappa shape index (κ2) is 4.81. The van der Waals surface area contributed by atoms with Gasteiger partial charge in [0.05, 0.1) is 0 Å². The van der Waals surface area contributed by atoms with Crippen molar-refractivity contribution in [3.8, 4) is 0 Å². The fourth-order valence-electron chi connectivity index (χ4n) is 1.78. The quantitative estimate of drug-likeness (QED) is 0.776. The molecule has 0 aromatic carbocycles. The fourth-order valence-corrected chi connectivity index (χ4v) is 2.66. The first-order valence-electron chi connectivity index (χ1n) is 5.43. The van der Waals surface area contributed by atoms with Crippen LogP contribution in [0.4, 0.5) is 18.3 Å². The number of rotatable bonds is 1. The number of alkyl halides is 3. The molecular weight excluding hydrogens is 251 g/mol. The molecule has 0 radical (unpaired) electrons. The highest BCUT2D eigenvalue weighted by Crippen LogP contribution is 2.33. The average molecular weight is 265 g/mol. The molecule has 0 aliphatic carbocycles. The highest BCUT2D eigenvalue weighted by molar-refractivity contribution is 7.13. The Morgan fingerprint density at radius 1 is 1.24 bits per heavy atom. The molecule has 1 aliphatic rings. The predicted molar refractivity (Wildman–Crippen MR) is 61.4 cm³/mol. The van der Waals surface area contributed by atoms with Crippen molar-refractivity contribution in [2.24, 2.45) is 0 Å². The number of likely N-dealkylation sites (N-methyl/N-ethyl adjacent to an activating group) is 1. The summed E-state index contributed by atoms with van der Waals surface area (Å²) in [6, 6.07) is 0. The van der Waals surface area contributed by atoms with Gasteiger partial charge in [-0.2, -0.15) is 13.2 Å². The van der Waals surface area contributed by atoms with Crippen molar-refractivity contribution >= 4 is 16.5 Å². The third-order valence-corrected chi connectivity index (χ3v) is 3.67. The van der Waals surface area contributed by atoms with Gasteiger partial charge in [0.2, 0.25) is 0 Å². The number of hydrogen-bond donors (Lipinski definition) is 0. The molecule has 1 saturated heterocycles. The van der Waals surface area contributed by atoms with E-state index in [1.807, 2.05) is 11.9 Å². The maximum absolute atomic E-state index is 12.4. The van der Waals surface area contributed by atoms with Gasteiger partial charge in [0.1, 0.15) is 0 Å². The molecule has 0 atom stereocenters. The predicted octanol–water partition coefficient (Wildman–Crippen LogP) is 2.30. The maximum atomic E-state index is 12.4. The lowest BCUT2D eigenvalue weighted by Crippen LogP contribution is -2.28. The van der Waals surface area contributed by atoms with Gasteiger partial charge < -0.3 is 9.80 Å². The number of anilines is 1. The van der Waals surface area contributed by atoms with E-state index in [1.165, 1.54) is 0 Å². The molecule has 0 bridgehead atoms. The van der Waals surface area contributed by atoms with E-state index in [-0.39, 0.29) is 0 Å². The van der Waals surface area contributed by atoms with Crippen LogP contribution in [0.3, 0.4) is 0 Å². The summed E-state index contributed by atoms with van der Waals surface area (Å²) >= 11 is 1.07. The topological polar surface area (TPSA) is 19.4 Å². The van der Waals surface area contributed by atoms with Crippen molar-refractivity contribution in [2.45, 2.75) is 12.6 Å². The van der Waals surface area contributed by atoms with Gasteiger partial charge in [0, 0.05) is 25.0 Å². The van der Waals surface area contributed by atoms with E-state index in [0.717, 1.165) is 49.3 Å². The first-order chi connectivity index (χ1) is 7.97. The molecule has 0 unspecified atom stereocenters. The molecule has 0 saturated carbocycles. The van der Waals surface area contributed by atoms with Gasteiger partial charge in [-0.05, 0) is 20.0 Å². The zero-order valence-corrected chi connectivity index (χ0v) is 10.3. The van der Waals surface area contributed by atoms with Gasteiger partial charge in [-0.15, -0.1) is 11.3 Å². The SMILES string of the molecule is CN1CCCN(c2nc(C(F)(F)F)cs2)CC1. The Labute approximate surface area is 102 Å². The van der Waals surface area contributed by atoms with Gasteiger partial charge in [0.15, 0.2) is 10.8 Å². The zero-order valence-electron chi connectivity index (χ0n) is 9.50. The number of nitrogens with zero attached hydrogens (tertiary/aromatic N) is 3. The summed E-state index contributed by atoms with van der Waals surface area (Å²) in [4.78, 5) is 7.79. The lowest BCUT2D eigenvalue weighted by molar-refractivity contribution is -0.140. The summed E-state index contributed by atoms with van der Waals surface area (Å²) in [5, 5.41) is 1.57. The van der Waals surface area contributed by atoms with Crippen LogP contribution < -0.4 is 4.90 Å². The molecule has 1 fully saturated rings. The van der Waals surface area contributed by atoms with Crippen molar-refractivity contribution in [3.05, 3.63) is 11.1 Å². The summed E-state index contributed by atoms with van der Waals surface area (Å²) in [5.74, 6) is 0. The summed E-state index contributed by atoms with van der Waals surface area (Å²) in [7, 11) is 2.02. The summed E-state index contributed by atoms with van der Waals surface area (Å²) in [5.41, 5.74) is -0.782. The van der Waals surface area contributed by atoms with E-state index in [9.17, 15) is 13.2 Å². The molecule has 1 aliphatic heterocycles. The maximum Gasteiger partial charge on any atom is 0.434 e. The van der Waals surface area contributed by atoms with Crippen LogP contribution in [0.1, 0.15) is 12.1 Å². The fraction of sp³-hybridized carbons (Fsp3) is 0.700. The van der Waals surface area contributed by atoms with Crippen LogP contribution in [0.2, 0.25) is 0 Å². The lowest BCUT2D eigenvalue weighted by Gasteiger charge is -2.19. The van der Waals surface area contributed by atoms with Crippen molar-refractivity contribution in [3.63, 3.8) is 0 Å². The summed E-state index contributed by atoms with van der Waals surface area (Å²) in [6.07, 6.45) is -3.38. The van der Waals surface area contributed by atoms with E-state index >= 15 is 0 Å². The van der Waals surface area contributed by atoms with E-state index in [1.54, 1.807) is 0 Å². The minimum atomic E-state index is -4.34. The van der Waals surface area contributed by atoms with Gasteiger partial charge in [0.25, 0.3) is 0 Å². The van der Waals surface area contributed by atoms with Crippen molar-refractivity contribution in [1.82, 2.24) is 9.88 Å². The molecule has 0 spiro atoms. The average Bonchev–Trinajstić information content (AvgIpc) is 2.63. The smallest absolute Gasteiger partial charge is 0.347 e. The summed E-state index contributed by atoms with van der Waals surface area (Å²) in [6.45, 7) is 3.35. The van der Waals surface area contributed by atoms with E-state index in [0.29, 0.717) is 5.13 Å². The van der Waals surface area contributed by atoms with Crippen LogP contribution in [0.15, 0.2) is 5.38 Å². The normalized spacial score (nSPS) is 19.4. The van der Waals surface area contributed by atoms with Gasteiger partial charge in [-0.25, -0.2) is 4.98 Å². The third-order valence-electron chi connectivity index (χ3n) is 2.77. The largest absolute Gasteiger partial charge is 0.434 e. The molecule has 3 nitrogen and oxygen atoms in total. The Kier molecular flexibility index (Phi) is 3.58. The molecular formula is C10H14F3N3S. The van der Waals surface area contributed by atoms with E-state index in [4.69, 9.17) is 0 Å². The molecule has 2 rings (SSSR count). The van der Waals surface area contributed by atoms with Crippen LogP contribution in [0.5, 0.6) is 0 Å². The molecule has 1 aromatic rings. The van der Waals surface area contributed by atoms with Gasteiger partial charge in [-0.1, -0.05) is 0 Å². The molecule has 2 heterocycles.